The van der Waals surface area contributed by atoms with Gasteiger partial charge in [0.2, 0.25) is 0 Å². The van der Waals surface area contributed by atoms with Gasteiger partial charge in [-0.2, -0.15) is 0 Å². The SMILES string of the molecule is COCC1(n2c(CS(=O)(=O)[C@@H](C)[C@H](OC)c3ncc(Cl)cn3)nnc2C2CC(CO)C2)CC1. The molecule has 0 unspecified atom stereocenters. The van der Waals surface area contributed by atoms with Gasteiger partial charge in [-0.25, -0.2) is 18.4 Å². The second-order valence-corrected chi connectivity index (χ2v) is 11.9. The van der Waals surface area contributed by atoms with Crippen molar-refractivity contribution in [2.45, 2.75) is 61.2 Å². The Bertz CT molecular complexity index is 1070. The molecule has 2 aromatic heterocycles. The van der Waals surface area contributed by atoms with Crippen LogP contribution in [0.4, 0.5) is 0 Å². The highest BCUT2D eigenvalue weighted by Gasteiger charge is 2.50. The maximum atomic E-state index is 13.5. The molecular weight excluding hydrogens is 470 g/mol. The third kappa shape index (κ3) is 4.79. The first kappa shape index (κ1) is 24.5. The van der Waals surface area contributed by atoms with Crippen molar-refractivity contribution in [2.24, 2.45) is 5.92 Å². The standard InChI is InChI=1S/C21H30ClN5O5S/c1-13(18(32-3)19-23-8-16(22)9-24-19)33(29,30)11-17-25-26-20(15-6-14(7-15)10-28)27(17)21(4-5-21)12-31-2/h8-9,13-15,18,28H,4-7,10-12H2,1-3H3/t13-,14?,15?,18-/m0/s1. The molecule has 0 aromatic carbocycles. The van der Waals surface area contributed by atoms with Gasteiger partial charge < -0.3 is 19.1 Å². The van der Waals surface area contributed by atoms with E-state index in [1.807, 2.05) is 4.57 Å². The van der Waals surface area contributed by atoms with Crippen molar-refractivity contribution in [1.29, 1.82) is 0 Å². The Hall–Kier alpha value is -1.66. The van der Waals surface area contributed by atoms with Crippen LogP contribution >= 0.6 is 11.6 Å². The second-order valence-electron chi connectivity index (χ2n) is 9.11. The van der Waals surface area contributed by atoms with Crippen LogP contribution in [-0.2, 0) is 30.6 Å². The molecule has 0 amide bonds. The molecule has 12 heteroatoms. The van der Waals surface area contributed by atoms with E-state index >= 15 is 0 Å². The van der Waals surface area contributed by atoms with E-state index in [4.69, 9.17) is 21.1 Å². The molecule has 0 bridgehead atoms. The van der Waals surface area contributed by atoms with Crippen LogP contribution in [0.1, 0.15) is 62.1 Å². The van der Waals surface area contributed by atoms with Gasteiger partial charge in [-0.05, 0) is 38.5 Å². The second kappa shape index (κ2) is 9.53. The van der Waals surface area contributed by atoms with Crippen molar-refractivity contribution in [3.63, 3.8) is 0 Å². The van der Waals surface area contributed by atoms with Gasteiger partial charge in [0.05, 0.1) is 22.4 Å². The smallest absolute Gasteiger partial charge is 0.163 e. The summed E-state index contributed by atoms with van der Waals surface area (Å²) in [5.41, 5.74) is -0.314. The minimum atomic E-state index is -3.71. The Morgan fingerprint density at radius 2 is 1.91 bits per heavy atom. The van der Waals surface area contributed by atoms with E-state index in [0.29, 0.717) is 17.5 Å². The first-order chi connectivity index (χ1) is 15.7. The van der Waals surface area contributed by atoms with Crippen LogP contribution in [0.15, 0.2) is 12.4 Å². The molecular formula is C21H30ClN5O5S. The summed E-state index contributed by atoms with van der Waals surface area (Å²) in [6.07, 6.45) is 5.37. The van der Waals surface area contributed by atoms with E-state index in [1.54, 1.807) is 14.0 Å². The van der Waals surface area contributed by atoms with Crippen LogP contribution in [-0.4, -0.2) is 70.9 Å². The Morgan fingerprint density at radius 3 is 2.45 bits per heavy atom. The predicted molar refractivity (Wildman–Crippen MR) is 121 cm³/mol. The molecule has 2 aromatic rings. The lowest BCUT2D eigenvalue weighted by molar-refractivity contribution is 0.0947. The molecule has 2 saturated carbocycles. The van der Waals surface area contributed by atoms with Crippen LogP contribution < -0.4 is 0 Å². The zero-order valence-electron chi connectivity index (χ0n) is 19.0. The normalized spacial score (nSPS) is 23.7. The zero-order valence-corrected chi connectivity index (χ0v) is 20.6. The lowest BCUT2D eigenvalue weighted by Gasteiger charge is -2.35. The molecule has 182 valence electrons. The number of aromatic nitrogens is 5. The van der Waals surface area contributed by atoms with Crippen molar-refractivity contribution in [3.05, 3.63) is 34.9 Å². The maximum absolute atomic E-state index is 13.5. The highest BCUT2D eigenvalue weighted by molar-refractivity contribution is 7.91. The fourth-order valence-electron chi connectivity index (χ4n) is 4.62. The number of aliphatic hydroxyl groups is 1. The van der Waals surface area contributed by atoms with Gasteiger partial charge >= 0.3 is 0 Å². The number of hydrogen-bond donors (Lipinski definition) is 1. The number of halogens is 1. The van der Waals surface area contributed by atoms with Crippen LogP contribution in [0.2, 0.25) is 5.02 Å². The molecule has 33 heavy (non-hydrogen) atoms. The van der Waals surface area contributed by atoms with Crippen molar-refractivity contribution in [1.82, 2.24) is 24.7 Å². The van der Waals surface area contributed by atoms with Gasteiger partial charge in [-0.1, -0.05) is 11.6 Å². The quantitative estimate of drug-likeness (QED) is 0.493. The molecule has 0 spiro atoms. The van der Waals surface area contributed by atoms with Crippen molar-refractivity contribution < 1.29 is 23.0 Å². The van der Waals surface area contributed by atoms with Gasteiger partial charge in [-0.3, -0.25) is 0 Å². The molecule has 10 nitrogen and oxygen atoms in total. The monoisotopic (exact) mass is 499 g/mol. The fraction of sp³-hybridized carbons (Fsp3) is 0.714. The minimum absolute atomic E-state index is 0.151. The third-order valence-electron chi connectivity index (χ3n) is 6.80. The number of nitrogens with zero attached hydrogens (tertiary/aromatic N) is 5. The predicted octanol–water partition coefficient (Wildman–Crippen LogP) is 2.03. The Morgan fingerprint density at radius 1 is 1.24 bits per heavy atom. The topological polar surface area (TPSA) is 129 Å². The highest BCUT2D eigenvalue weighted by Crippen LogP contribution is 2.49. The van der Waals surface area contributed by atoms with Crippen molar-refractivity contribution in [3.8, 4) is 0 Å². The van der Waals surface area contributed by atoms with E-state index in [1.165, 1.54) is 19.5 Å². The number of aliphatic hydroxyl groups excluding tert-OH is 1. The molecule has 2 aliphatic carbocycles. The molecule has 0 saturated heterocycles. The number of hydrogen-bond acceptors (Lipinski definition) is 9. The van der Waals surface area contributed by atoms with Gasteiger partial charge in [0.15, 0.2) is 15.7 Å². The van der Waals surface area contributed by atoms with Crippen molar-refractivity contribution in [2.75, 3.05) is 27.4 Å². The minimum Gasteiger partial charge on any atom is -0.396 e. The fourth-order valence-corrected chi connectivity index (χ4v) is 6.14. The largest absolute Gasteiger partial charge is 0.396 e. The summed E-state index contributed by atoms with van der Waals surface area (Å²) in [5.74, 6) is 1.58. The molecule has 2 atom stereocenters. The highest BCUT2D eigenvalue weighted by atomic mass is 35.5. The summed E-state index contributed by atoms with van der Waals surface area (Å²) >= 11 is 5.86. The molecule has 4 rings (SSSR count). The van der Waals surface area contributed by atoms with Crippen LogP contribution in [0.25, 0.3) is 0 Å². The van der Waals surface area contributed by atoms with E-state index in [2.05, 4.69) is 20.2 Å². The summed E-state index contributed by atoms with van der Waals surface area (Å²) in [6.45, 7) is 2.21. The number of rotatable bonds is 11. The first-order valence-corrected chi connectivity index (χ1v) is 13.1. The molecule has 2 heterocycles. The third-order valence-corrected chi connectivity index (χ3v) is 9.04. The molecule has 1 N–H and O–H groups in total. The lowest BCUT2D eigenvalue weighted by Crippen LogP contribution is -2.34. The van der Waals surface area contributed by atoms with Crippen molar-refractivity contribution >= 4 is 21.4 Å². The van der Waals surface area contributed by atoms with E-state index in [0.717, 1.165) is 31.5 Å². The van der Waals surface area contributed by atoms with Gasteiger partial charge in [-0.15, -0.1) is 10.2 Å². The average molecular weight is 500 g/mol. The van der Waals surface area contributed by atoms with Crippen LogP contribution in [0, 0.1) is 5.92 Å². The van der Waals surface area contributed by atoms with Crippen LogP contribution in [0.3, 0.4) is 0 Å². The molecule has 0 aliphatic heterocycles. The first-order valence-electron chi connectivity index (χ1n) is 11.0. The Labute approximate surface area is 198 Å². The average Bonchev–Trinajstić information content (AvgIpc) is 3.41. The Kier molecular flexibility index (Phi) is 7.07. The Balaban J connectivity index is 1.62. The number of sulfone groups is 1. The van der Waals surface area contributed by atoms with Gasteiger partial charge in [0.1, 0.15) is 23.5 Å². The van der Waals surface area contributed by atoms with Crippen LogP contribution in [0.5, 0.6) is 0 Å². The van der Waals surface area contributed by atoms with Gasteiger partial charge in [0, 0.05) is 39.1 Å². The molecule has 2 fully saturated rings. The summed E-state index contributed by atoms with van der Waals surface area (Å²) in [4.78, 5) is 8.28. The lowest BCUT2D eigenvalue weighted by atomic mass is 9.75. The summed E-state index contributed by atoms with van der Waals surface area (Å²) < 4.78 is 39.8. The number of methoxy groups -OCH3 is 2. The van der Waals surface area contributed by atoms with Gasteiger partial charge in [0.25, 0.3) is 0 Å². The molecule has 0 radical (unpaired) electrons. The van der Waals surface area contributed by atoms with E-state index in [-0.39, 0.29) is 35.6 Å². The number of ether oxygens (including phenoxy) is 2. The summed E-state index contributed by atoms with van der Waals surface area (Å²) in [5, 5.41) is 17.6. The summed E-state index contributed by atoms with van der Waals surface area (Å²) in [7, 11) is -0.638. The maximum Gasteiger partial charge on any atom is 0.163 e. The van der Waals surface area contributed by atoms with E-state index < -0.39 is 21.2 Å². The van der Waals surface area contributed by atoms with E-state index in [9.17, 15) is 13.5 Å². The molecule has 2 aliphatic rings. The summed E-state index contributed by atoms with van der Waals surface area (Å²) in [6, 6.07) is 0. The zero-order chi connectivity index (χ0) is 23.8.